The molecule has 3 heterocycles. The fourth-order valence-corrected chi connectivity index (χ4v) is 5.87. The number of amides is 1. The van der Waals surface area contributed by atoms with E-state index in [9.17, 15) is 9.59 Å². The van der Waals surface area contributed by atoms with Gasteiger partial charge in [0.25, 0.3) is 11.5 Å². The summed E-state index contributed by atoms with van der Waals surface area (Å²) in [4.78, 5) is 34.2. The predicted octanol–water partition coefficient (Wildman–Crippen LogP) is 3.81. The first kappa shape index (κ1) is 24.7. The number of carbonyl (C=O) groups excluding carboxylic acids is 1. The van der Waals surface area contributed by atoms with Gasteiger partial charge in [0.2, 0.25) is 0 Å². The molecule has 0 saturated carbocycles. The Kier molecular flexibility index (Phi) is 8.68. The SMILES string of the molecule is CCC(CCCN1CCN(C)CC1)c1scc(C(=O)NCc2c(C)cc(C)[nH]c2=O)c1C. The normalized spacial score (nSPS) is 16.3. The first-order chi connectivity index (χ1) is 15.3. The summed E-state index contributed by atoms with van der Waals surface area (Å²) >= 11 is 1.70. The Balaban J connectivity index is 1.58. The van der Waals surface area contributed by atoms with Crippen molar-refractivity contribution in [3.8, 4) is 0 Å². The maximum absolute atomic E-state index is 12.9. The third-order valence-electron chi connectivity index (χ3n) is 6.73. The number of nitrogens with zero attached hydrogens (tertiary/aromatic N) is 2. The summed E-state index contributed by atoms with van der Waals surface area (Å²) in [6, 6.07) is 1.94. The average Bonchev–Trinajstić information content (AvgIpc) is 3.13. The lowest BCUT2D eigenvalue weighted by Crippen LogP contribution is -2.44. The standard InChI is InChI=1S/C25H38N4O2S/c1-6-20(8-7-9-29-12-10-28(5)11-13-29)23-19(4)22(16-32-23)24(30)26-15-21-17(2)14-18(3)27-25(21)31/h14,16,20H,6-13,15H2,1-5H3,(H,26,30)(H,27,31). The van der Waals surface area contributed by atoms with Gasteiger partial charge in [-0.2, -0.15) is 0 Å². The molecular weight excluding hydrogens is 420 g/mol. The van der Waals surface area contributed by atoms with Crippen LogP contribution < -0.4 is 10.9 Å². The molecule has 2 aromatic heterocycles. The van der Waals surface area contributed by atoms with Crippen LogP contribution in [0.15, 0.2) is 16.2 Å². The number of aromatic amines is 1. The van der Waals surface area contributed by atoms with E-state index in [0.717, 1.165) is 54.9 Å². The Labute approximate surface area is 196 Å². The summed E-state index contributed by atoms with van der Waals surface area (Å²) < 4.78 is 0. The van der Waals surface area contributed by atoms with Crippen LogP contribution in [0, 0.1) is 20.8 Å². The third kappa shape index (κ3) is 6.09. The molecule has 1 amide bonds. The summed E-state index contributed by atoms with van der Waals surface area (Å²) in [5, 5.41) is 4.94. The van der Waals surface area contributed by atoms with E-state index in [0.29, 0.717) is 11.5 Å². The number of aryl methyl sites for hydroxylation is 2. The minimum absolute atomic E-state index is 0.100. The largest absolute Gasteiger partial charge is 0.348 e. The molecule has 3 rings (SSSR count). The molecule has 0 bridgehead atoms. The van der Waals surface area contributed by atoms with Gasteiger partial charge in [0.15, 0.2) is 0 Å². The smallest absolute Gasteiger partial charge is 0.253 e. The van der Waals surface area contributed by atoms with Crippen LogP contribution >= 0.6 is 11.3 Å². The Morgan fingerprint density at radius 3 is 2.59 bits per heavy atom. The molecule has 32 heavy (non-hydrogen) atoms. The van der Waals surface area contributed by atoms with Crippen LogP contribution in [0.1, 0.15) is 69.7 Å². The quantitative estimate of drug-likeness (QED) is 0.600. The van der Waals surface area contributed by atoms with Crippen molar-refractivity contribution in [2.45, 2.75) is 59.4 Å². The molecule has 0 spiro atoms. The first-order valence-electron chi connectivity index (χ1n) is 11.8. The topological polar surface area (TPSA) is 68.4 Å². The number of thiophene rings is 1. The number of pyridine rings is 1. The molecule has 1 unspecified atom stereocenters. The zero-order chi connectivity index (χ0) is 23.3. The van der Waals surface area contributed by atoms with E-state index in [-0.39, 0.29) is 18.0 Å². The molecule has 1 aliphatic heterocycles. The maximum Gasteiger partial charge on any atom is 0.253 e. The Bertz CT molecular complexity index is 973. The van der Waals surface area contributed by atoms with Gasteiger partial charge in [0, 0.05) is 54.2 Å². The summed E-state index contributed by atoms with van der Waals surface area (Å²) in [5.74, 6) is 0.396. The number of hydrogen-bond acceptors (Lipinski definition) is 5. The third-order valence-corrected chi connectivity index (χ3v) is 7.97. The molecule has 0 aromatic carbocycles. The highest BCUT2D eigenvalue weighted by atomic mass is 32.1. The summed E-state index contributed by atoms with van der Waals surface area (Å²) in [6.45, 7) is 14.1. The lowest BCUT2D eigenvalue weighted by molar-refractivity contribution is 0.0950. The van der Waals surface area contributed by atoms with Crippen molar-refractivity contribution in [2.75, 3.05) is 39.8 Å². The van der Waals surface area contributed by atoms with E-state index in [1.165, 1.54) is 24.4 Å². The van der Waals surface area contributed by atoms with Crippen LogP contribution in [0.4, 0.5) is 0 Å². The van der Waals surface area contributed by atoms with Crippen LogP contribution in [-0.4, -0.2) is 60.5 Å². The number of hydrogen-bond donors (Lipinski definition) is 2. The van der Waals surface area contributed by atoms with Gasteiger partial charge in [0.05, 0.1) is 5.56 Å². The van der Waals surface area contributed by atoms with E-state index in [1.807, 2.05) is 25.3 Å². The second-order valence-electron chi connectivity index (χ2n) is 9.16. The van der Waals surface area contributed by atoms with Crippen LogP contribution in [-0.2, 0) is 6.54 Å². The Hall–Kier alpha value is -1.96. The minimum atomic E-state index is -0.128. The highest BCUT2D eigenvalue weighted by Crippen LogP contribution is 2.34. The van der Waals surface area contributed by atoms with Gasteiger partial charge in [-0.1, -0.05) is 6.92 Å². The first-order valence-corrected chi connectivity index (χ1v) is 12.6. The molecule has 1 fully saturated rings. The summed E-state index contributed by atoms with van der Waals surface area (Å²) in [5.41, 5.74) is 4.06. The van der Waals surface area contributed by atoms with Crippen LogP contribution in [0.5, 0.6) is 0 Å². The molecule has 1 aliphatic rings. The van der Waals surface area contributed by atoms with Gasteiger partial charge in [-0.05, 0) is 76.7 Å². The number of carbonyl (C=O) groups is 1. The number of likely N-dealkylation sites (N-methyl/N-ethyl adjacent to an activating group) is 1. The molecule has 176 valence electrons. The van der Waals surface area contributed by atoms with E-state index in [1.54, 1.807) is 11.3 Å². The Morgan fingerprint density at radius 2 is 1.94 bits per heavy atom. The lowest BCUT2D eigenvalue weighted by atomic mass is 9.94. The molecule has 2 aromatic rings. The number of aromatic nitrogens is 1. The highest BCUT2D eigenvalue weighted by molar-refractivity contribution is 7.10. The number of piperazine rings is 1. The predicted molar refractivity (Wildman–Crippen MR) is 133 cm³/mol. The van der Waals surface area contributed by atoms with E-state index < -0.39 is 0 Å². The highest BCUT2D eigenvalue weighted by Gasteiger charge is 2.21. The fourth-order valence-electron chi connectivity index (χ4n) is 4.58. The summed E-state index contributed by atoms with van der Waals surface area (Å²) in [6.07, 6.45) is 3.43. The molecule has 7 heteroatoms. The monoisotopic (exact) mass is 458 g/mol. The van der Waals surface area contributed by atoms with Crippen molar-refractivity contribution in [2.24, 2.45) is 0 Å². The van der Waals surface area contributed by atoms with Crippen molar-refractivity contribution >= 4 is 17.2 Å². The molecule has 0 radical (unpaired) electrons. The van der Waals surface area contributed by atoms with Crippen LogP contribution in [0.3, 0.4) is 0 Å². The van der Waals surface area contributed by atoms with Crippen molar-refractivity contribution < 1.29 is 4.79 Å². The van der Waals surface area contributed by atoms with E-state index >= 15 is 0 Å². The van der Waals surface area contributed by atoms with Gasteiger partial charge in [-0.25, -0.2) is 0 Å². The van der Waals surface area contributed by atoms with Gasteiger partial charge in [0.1, 0.15) is 0 Å². The van der Waals surface area contributed by atoms with Crippen molar-refractivity contribution in [3.05, 3.63) is 54.6 Å². The van der Waals surface area contributed by atoms with E-state index in [2.05, 4.69) is 41.0 Å². The molecular formula is C25H38N4O2S. The average molecular weight is 459 g/mol. The number of rotatable bonds is 9. The van der Waals surface area contributed by atoms with Gasteiger partial charge in [-0.3, -0.25) is 9.59 Å². The van der Waals surface area contributed by atoms with Gasteiger partial charge >= 0.3 is 0 Å². The Morgan fingerprint density at radius 1 is 1.22 bits per heavy atom. The second kappa shape index (κ2) is 11.3. The van der Waals surface area contributed by atoms with Gasteiger partial charge in [-0.15, -0.1) is 11.3 Å². The molecule has 1 atom stereocenters. The zero-order valence-electron chi connectivity index (χ0n) is 20.2. The molecule has 0 aliphatic carbocycles. The molecule has 6 nitrogen and oxygen atoms in total. The maximum atomic E-state index is 12.9. The van der Waals surface area contributed by atoms with E-state index in [4.69, 9.17) is 0 Å². The second-order valence-corrected chi connectivity index (χ2v) is 10.1. The van der Waals surface area contributed by atoms with Crippen molar-refractivity contribution in [1.29, 1.82) is 0 Å². The fraction of sp³-hybridized carbons (Fsp3) is 0.600. The van der Waals surface area contributed by atoms with Crippen LogP contribution in [0.2, 0.25) is 0 Å². The number of nitrogens with one attached hydrogen (secondary N) is 2. The molecule has 2 N–H and O–H groups in total. The van der Waals surface area contributed by atoms with Crippen molar-refractivity contribution in [1.82, 2.24) is 20.1 Å². The number of H-pyrrole nitrogens is 1. The minimum Gasteiger partial charge on any atom is -0.348 e. The summed E-state index contributed by atoms with van der Waals surface area (Å²) in [7, 11) is 2.19. The van der Waals surface area contributed by atoms with Crippen molar-refractivity contribution in [3.63, 3.8) is 0 Å². The lowest BCUT2D eigenvalue weighted by Gasteiger charge is -2.32. The molecule has 1 saturated heterocycles. The van der Waals surface area contributed by atoms with Gasteiger partial charge < -0.3 is 20.1 Å². The van der Waals surface area contributed by atoms with Crippen LogP contribution in [0.25, 0.3) is 0 Å². The zero-order valence-corrected chi connectivity index (χ0v) is 21.0.